The molecule has 0 bridgehead atoms. The van der Waals surface area contributed by atoms with Crippen LogP contribution >= 0.6 is 47.4 Å². The maximum Gasteiger partial charge on any atom is 0.190 e. The number of benzene rings is 1. The van der Waals surface area contributed by atoms with Crippen LogP contribution in [0.15, 0.2) is 29.4 Å². The van der Waals surface area contributed by atoms with E-state index in [9.17, 15) is 0 Å². The monoisotopic (exact) mass is 363 g/mol. The van der Waals surface area contributed by atoms with Crippen molar-refractivity contribution in [3.8, 4) is 0 Å². The molecule has 0 N–H and O–H groups in total. The number of aryl methyl sites for hydroxylation is 1. The molecule has 0 radical (unpaired) electrons. The number of aromatic nitrogens is 2. The van der Waals surface area contributed by atoms with E-state index < -0.39 is 0 Å². The minimum atomic E-state index is 0. The molecule has 0 unspecified atom stereocenters. The van der Waals surface area contributed by atoms with Gasteiger partial charge in [0.2, 0.25) is 0 Å². The Balaban J connectivity index is 0.00000220. The quantitative estimate of drug-likeness (QED) is 0.571. The fourth-order valence-corrected chi connectivity index (χ4v) is 3.06. The van der Waals surface area contributed by atoms with Crippen LogP contribution in [0.25, 0.3) is 0 Å². The zero-order valence-electron chi connectivity index (χ0n) is 11.9. The molecule has 0 aliphatic rings. The lowest BCUT2D eigenvalue weighted by atomic mass is 10.2. The van der Waals surface area contributed by atoms with Gasteiger partial charge in [-0.3, -0.25) is 0 Å². The molecule has 114 valence electrons. The SMILES string of the molecule is Cc1cc(N(C)C)nc(SCc2ccc(Cl)cc2Cl)n1.Cl. The maximum absolute atomic E-state index is 6.16. The van der Waals surface area contributed by atoms with E-state index in [1.807, 2.05) is 44.1 Å². The Kier molecular flexibility index (Phi) is 7.07. The second kappa shape index (κ2) is 8.08. The lowest BCUT2D eigenvalue weighted by molar-refractivity contribution is 0.902. The lowest BCUT2D eigenvalue weighted by Gasteiger charge is -2.13. The minimum Gasteiger partial charge on any atom is -0.363 e. The van der Waals surface area contributed by atoms with E-state index in [4.69, 9.17) is 23.2 Å². The van der Waals surface area contributed by atoms with Crippen molar-refractivity contribution < 1.29 is 0 Å². The molecule has 1 aromatic heterocycles. The molecule has 0 atom stereocenters. The van der Waals surface area contributed by atoms with Crippen LogP contribution in [0.3, 0.4) is 0 Å². The third-order valence-electron chi connectivity index (χ3n) is 2.65. The average molecular weight is 365 g/mol. The van der Waals surface area contributed by atoms with Gasteiger partial charge in [0.25, 0.3) is 0 Å². The maximum atomic E-state index is 6.16. The van der Waals surface area contributed by atoms with Crippen molar-refractivity contribution in [1.29, 1.82) is 0 Å². The van der Waals surface area contributed by atoms with Crippen molar-refractivity contribution in [3.05, 3.63) is 45.6 Å². The number of hydrogen-bond acceptors (Lipinski definition) is 4. The first kappa shape index (κ1) is 18.4. The summed E-state index contributed by atoms with van der Waals surface area (Å²) >= 11 is 13.6. The standard InChI is InChI=1S/C14H15Cl2N3S.ClH/c1-9-6-13(19(2)3)18-14(17-9)20-8-10-4-5-11(15)7-12(10)16;/h4-7H,8H2,1-3H3;1H. The molecule has 0 aliphatic heterocycles. The summed E-state index contributed by atoms with van der Waals surface area (Å²) < 4.78 is 0. The van der Waals surface area contributed by atoms with Crippen molar-refractivity contribution in [1.82, 2.24) is 9.97 Å². The van der Waals surface area contributed by atoms with Crippen LogP contribution in [0.5, 0.6) is 0 Å². The summed E-state index contributed by atoms with van der Waals surface area (Å²) in [5.41, 5.74) is 1.98. The third-order valence-corrected chi connectivity index (χ3v) is 4.13. The molecule has 0 aliphatic carbocycles. The highest BCUT2D eigenvalue weighted by Gasteiger charge is 2.07. The van der Waals surface area contributed by atoms with Gasteiger partial charge in [0.05, 0.1) is 0 Å². The summed E-state index contributed by atoms with van der Waals surface area (Å²) in [6.45, 7) is 1.97. The summed E-state index contributed by atoms with van der Waals surface area (Å²) in [6.07, 6.45) is 0. The van der Waals surface area contributed by atoms with E-state index >= 15 is 0 Å². The van der Waals surface area contributed by atoms with Gasteiger partial charge in [-0.2, -0.15) is 0 Å². The smallest absolute Gasteiger partial charge is 0.190 e. The Morgan fingerprint density at radius 3 is 2.48 bits per heavy atom. The molecule has 1 aromatic carbocycles. The van der Waals surface area contributed by atoms with Crippen LogP contribution in [-0.4, -0.2) is 24.1 Å². The number of thioether (sulfide) groups is 1. The van der Waals surface area contributed by atoms with Gasteiger partial charge in [-0.25, -0.2) is 9.97 Å². The first-order valence-electron chi connectivity index (χ1n) is 6.05. The molecular weight excluding hydrogens is 349 g/mol. The van der Waals surface area contributed by atoms with E-state index in [2.05, 4.69) is 9.97 Å². The molecule has 1 heterocycles. The van der Waals surface area contributed by atoms with Crippen molar-refractivity contribution in [3.63, 3.8) is 0 Å². The Morgan fingerprint density at radius 2 is 1.86 bits per heavy atom. The lowest BCUT2D eigenvalue weighted by Crippen LogP contribution is -2.11. The summed E-state index contributed by atoms with van der Waals surface area (Å²) in [6, 6.07) is 7.48. The highest BCUT2D eigenvalue weighted by molar-refractivity contribution is 7.98. The van der Waals surface area contributed by atoms with Gasteiger partial charge in [0, 0.05) is 41.7 Å². The highest BCUT2D eigenvalue weighted by Crippen LogP contribution is 2.27. The molecule has 0 saturated heterocycles. The summed E-state index contributed by atoms with van der Waals surface area (Å²) in [4.78, 5) is 10.9. The van der Waals surface area contributed by atoms with Gasteiger partial charge >= 0.3 is 0 Å². The van der Waals surface area contributed by atoms with Gasteiger partial charge < -0.3 is 4.90 Å². The van der Waals surface area contributed by atoms with Gasteiger partial charge in [0.15, 0.2) is 5.16 Å². The summed E-state index contributed by atoms with van der Waals surface area (Å²) in [5, 5.41) is 2.07. The number of halogens is 3. The minimum absolute atomic E-state index is 0. The summed E-state index contributed by atoms with van der Waals surface area (Å²) in [7, 11) is 3.93. The van der Waals surface area contributed by atoms with E-state index in [-0.39, 0.29) is 12.4 Å². The van der Waals surface area contributed by atoms with Gasteiger partial charge in [-0.05, 0) is 24.6 Å². The highest BCUT2D eigenvalue weighted by atomic mass is 35.5. The molecule has 2 aromatic rings. The van der Waals surface area contributed by atoms with E-state index in [0.717, 1.165) is 22.2 Å². The number of nitrogens with zero attached hydrogens (tertiary/aromatic N) is 3. The van der Waals surface area contributed by atoms with Crippen LogP contribution in [0.1, 0.15) is 11.3 Å². The normalized spacial score (nSPS) is 10.1. The Labute approximate surface area is 145 Å². The zero-order valence-corrected chi connectivity index (χ0v) is 15.1. The molecule has 7 heteroatoms. The fraction of sp³-hybridized carbons (Fsp3) is 0.286. The molecule has 21 heavy (non-hydrogen) atoms. The predicted octanol–water partition coefficient (Wildman–Crippen LogP) is 4.87. The van der Waals surface area contributed by atoms with Crippen LogP contribution in [0, 0.1) is 6.92 Å². The number of rotatable bonds is 4. The fourth-order valence-electron chi connectivity index (χ4n) is 1.60. The van der Waals surface area contributed by atoms with Crippen molar-refractivity contribution in [2.24, 2.45) is 0 Å². The van der Waals surface area contributed by atoms with E-state index in [0.29, 0.717) is 15.8 Å². The van der Waals surface area contributed by atoms with Crippen molar-refractivity contribution >= 4 is 53.2 Å². The molecular formula is C14H16Cl3N3S. The number of anilines is 1. The summed E-state index contributed by atoms with van der Waals surface area (Å²) in [5.74, 6) is 1.62. The first-order valence-corrected chi connectivity index (χ1v) is 7.79. The second-order valence-electron chi connectivity index (χ2n) is 4.57. The van der Waals surface area contributed by atoms with Gasteiger partial charge in [-0.15, -0.1) is 12.4 Å². The van der Waals surface area contributed by atoms with Crippen LogP contribution in [-0.2, 0) is 5.75 Å². The molecule has 0 amide bonds. The Hall–Kier alpha value is -0.680. The second-order valence-corrected chi connectivity index (χ2v) is 6.36. The Morgan fingerprint density at radius 1 is 1.14 bits per heavy atom. The zero-order chi connectivity index (χ0) is 14.7. The molecule has 3 nitrogen and oxygen atoms in total. The van der Waals surface area contributed by atoms with Crippen LogP contribution < -0.4 is 4.90 Å². The molecule has 0 fully saturated rings. The van der Waals surface area contributed by atoms with Gasteiger partial charge in [0.1, 0.15) is 5.82 Å². The van der Waals surface area contributed by atoms with Crippen molar-refractivity contribution in [2.75, 3.05) is 19.0 Å². The van der Waals surface area contributed by atoms with Crippen LogP contribution in [0.4, 0.5) is 5.82 Å². The molecule has 0 saturated carbocycles. The van der Waals surface area contributed by atoms with E-state index in [1.54, 1.807) is 17.8 Å². The van der Waals surface area contributed by atoms with Gasteiger partial charge in [-0.1, -0.05) is 41.0 Å². The largest absolute Gasteiger partial charge is 0.363 e. The van der Waals surface area contributed by atoms with Crippen molar-refractivity contribution in [2.45, 2.75) is 17.8 Å². The number of hydrogen-bond donors (Lipinski definition) is 0. The predicted molar refractivity (Wildman–Crippen MR) is 94.4 cm³/mol. The Bertz CT molecular complexity index is 620. The van der Waals surface area contributed by atoms with Crippen LogP contribution in [0.2, 0.25) is 10.0 Å². The third kappa shape index (κ3) is 5.22. The first-order chi connectivity index (χ1) is 9.45. The van der Waals surface area contributed by atoms with E-state index in [1.165, 1.54) is 0 Å². The molecule has 2 rings (SSSR count). The molecule has 0 spiro atoms. The topological polar surface area (TPSA) is 29.0 Å². The average Bonchev–Trinajstić information content (AvgIpc) is 2.37.